The summed E-state index contributed by atoms with van der Waals surface area (Å²) in [6.45, 7) is 4.23. The van der Waals surface area contributed by atoms with Gasteiger partial charge in [-0.2, -0.15) is 0 Å². The fraction of sp³-hybridized carbons (Fsp3) is 0.562. The molecule has 0 aromatic heterocycles. The Morgan fingerprint density at radius 1 is 1.00 bits per heavy atom. The number of hydrogen-bond acceptors (Lipinski definition) is 3. The molecule has 0 aliphatic carbocycles. The highest BCUT2D eigenvalue weighted by Crippen LogP contribution is 2.26. The number of methoxy groups -OCH3 is 2. The van der Waals surface area contributed by atoms with Crippen molar-refractivity contribution in [3.8, 4) is 11.5 Å². The van der Waals surface area contributed by atoms with Gasteiger partial charge in [-0.05, 0) is 25.0 Å². The van der Waals surface area contributed by atoms with E-state index in [1.54, 1.807) is 32.4 Å². The third-order valence-corrected chi connectivity index (χ3v) is 3.28. The van der Waals surface area contributed by atoms with E-state index in [1.807, 2.05) is 0 Å². The maximum Gasteiger partial charge on any atom is 0.166 e. The van der Waals surface area contributed by atoms with Gasteiger partial charge in [0.2, 0.25) is 0 Å². The van der Waals surface area contributed by atoms with Crippen LogP contribution in [0.2, 0.25) is 0 Å². The molecule has 0 aliphatic heterocycles. The topological polar surface area (TPSA) is 35.5 Å². The van der Waals surface area contributed by atoms with Gasteiger partial charge in [0.25, 0.3) is 0 Å². The van der Waals surface area contributed by atoms with Crippen molar-refractivity contribution < 1.29 is 14.3 Å². The van der Waals surface area contributed by atoms with Gasteiger partial charge in [0, 0.05) is 17.5 Å². The van der Waals surface area contributed by atoms with Crippen molar-refractivity contribution in [2.24, 2.45) is 5.92 Å². The summed E-state index contributed by atoms with van der Waals surface area (Å²) in [5.74, 6) is 1.62. The Balaban J connectivity index is 3.01. The molecule has 0 spiro atoms. The number of rotatable bonds is 8. The van der Waals surface area contributed by atoms with E-state index in [1.165, 1.54) is 0 Å². The highest BCUT2D eigenvalue weighted by Gasteiger charge is 2.19. The van der Waals surface area contributed by atoms with Gasteiger partial charge < -0.3 is 9.47 Å². The van der Waals surface area contributed by atoms with Crippen LogP contribution in [-0.2, 0) is 0 Å². The van der Waals surface area contributed by atoms with E-state index in [4.69, 9.17) is 9.47 Å². The van der Waals surface area contributed by atoms with Crippen LogP contribution < -0.4 is 9.47 Å². The highest BCUT2D eigenvalue weighted by molar-refractivity contribution is 5.98. The van der Waals surface area contributed by atoms with E-state index >= 15 is 0 Å². The standard InChI is InChI=1S/C16H24O3/c1-5-7-12(8-6-2)16(17)13-9-14(18-3)11-15(10-13)19-4/h9-12H,5-8H2,1-4H3. The van der Waals surface area contributed by atoms with E-state index in [0.29, 0.717) is 17.1 Å². The third kappa shape index (κ3) is 4.27. The molecule has 1 aromatic carbocycles. The van der Waals surface area contributed by atoms with Crippen molar-refractivity contribution >= 4 is 5.78 Å². The monoisotopic (exact) mass is 264 g/mol. The van der Waals surface area contributed by atoms with Crippen LogP contribution in [-0.4, -0.2) is 20.0 Å². The zero-order valence-electron chi connectivity index (χ0n) is 12.4. The van der Waals surface area contributed by atoms with E-state index in [9.17, 15) is 4.79 Å². The number of Topliss-reactive ketones (excluding diaryl/α,β-unsaturated/α-hetero) is 1. The molecule has 0 radical (unpaired) electrons. The summed E-state index contributed by atoms with van der Waals surface area (Å²) in [7, 11) is 3.19. The number of benzene rings is 1. The molecule has 0 atom stereocenters. The molecule has 1 aromatic rings. The zero-order valence-corrected chi connectivity index (χ0v) is 12.4. The van der Waals surface area contributed by atoms with Gasteiger partial charge in [0.1, 0.15) is 11.5 Å². The number of ether oxygens (including phenoxy) is 2. The molecule has 0 aliphatic rings. The Bertz CT molecular complexity index is 384. The van der Waals surface area contributed by atoms with Crippen molar-refractivity contribution in [3.05, 3.63) is 23.8 Å². The summed E-state index contributed by atoms with van der Waals surface area (Å²) >= 11 is 0. The van der Waals surface area contributed by atoms with Gasteiger partial charge in [-0.3, -0.25) is 4.79 Å². The second-order valence-electron chi connectivity index (χ2n) is 4.74. The summed E-state index contributed by atoms with van der Waals surface area (Å²) in [6.07, 6.45) is 3.92. The molecule has 1 rings (SSSR count). The molecular formula is C16H24O3. The molecule has 0 heterocycles. The average molecular weight is 264 g/mol. The molecule has 0 N–H and O–H groups in total. The molecule has 0 saturated carbocycles. The van der Waals surface area contributed by atoms with Crippen LogP contribution in [0.3, 0.4) is 0 Å². The summed E-state index contributed by atoms with van der Waals surface area (Å²) in [6, 6.07) is 5.37. The van der Waals surface area contributed by atoms with Crippen molar-refractivity contribution in [2.75, 3.05) is 14.2 Å². The fourth-order valence-corrected chi connectivity index (χ4v) is 2.29. The molecule has 3 heteroatoms. The van der Waals surface area contributed by atoms with Gasteiger partial charge in [0.05, 0.1) is 14.2 Å². The summed E-state index contributed by atoms with van der Waals surface area (Å²) in [5.41, 5.74) is 0.683. The Hall–Kier alpha value is -1.51. The molecule has 0 saturated heterocycles. The van der Waals surface area contributed by atoms with Crippen LogP contribution in [0, 0.1) is 5.92 Å². The average Bonchev–Trinajstić information content (AvgIpc) is 2.45. The fourth-order valence-electron chi connectivity index (χ4n) is 2.29. The zero-order chi connectivity index (χ0) is 14.3. The second kappa shape index (κ2) is 7.82. The van der Waals surface area contributed by atoms with E-state index in [-0.39, 0.29) is 11.7 Å². The van der Waals surface area contributed by atoms with Crippen molar-refractivity contribution in [2.45, 2.75) is 39.5 Å². The first-order chi connectivity index (χ1) is 9.15. The third-order valence-electron chi connectivity index (χ3n) is 3.28. The maximum atomic E-state index is 12.5. The summed E-state index contributed by atoms with van der Waals surface area (Å²) in [4.78, 5) is 12.5. The normalized spacial score (nSPS) is 10.6. The predicted molar refractivity (Wildman–Crippen MR) is 77.2 cm³/mol. The number of hydrogen-bond donors (Lipinski definition) is 0. The van der Waals surface area contributed by atoms with Crippen LogP contribution in [0.15, 0.2) is 18.2 Å². The lowest BCUT2D eigenvalue weighted by Crippen LogP contribution is -2.15. The molecule has 3 nitrogen and oxygen atoms in total. The van der Waals surface area contributed by atoms with Crippen molar-refractivity contribution in [1.82, 2.24) is 0 Å². The molecule has 0 bridgehead atoms. The van der Waals surface area contributed by atoms with E-state index < -0.39 is 0 Å². The summed E-state index contributed by atoms with van der Waals surface area (Å²) < 4.78 is 10.4. The van der Waals surface area contributed by atoms with Crippen LogP contribution in [0.1, 0.15) is 49.9 Å². The Labute approximate surface area is 115 Å². The van der Waals surface area contributed by atoms with Crippen LogP contribution >= 0.6 is 0 Å². The van der Waals surface area contributed by atoms with Crippen LogP contribution in [0.5, 0.6) is 11.5 Å². The van der Waals surface area contributed by atoms with Crippen molar-refractivity contribution in [1.29, 1.82) is 0 Å². The van der Waals surface area contributed by atoms with Crippen molar-refractivity contribution in [3.63, 3.8) is 0 Å². The Kier molecular flexibility index (Phi) is 6.40. The summed E-state index contributed by atoms with van der Waals surface area (Å²) in [5, 5.41) is 0. The first-order valence-electron chi connectivity index (χ1n) is 6.93. The Morgan fingerprint density at radius 2 is 1.47 bits per heavy atom. The minimum absolute atomic E-state index is 0.104. The number of carbonyl (C=O) groups is 1. The minimum atomic E-state index is 0.104. The Morgan fingerprint density at radius 3 is 1.84 bits per heavy atom. The first-order valence-corrected chi connectivity index (χ1v) is 6.93. The first kappa shape index (κ1) is 15.5. The minimum Gasteiger partial charge on any atom is -0.497 e. The van der Waals surface area contributed by atoms with E-state index in [0.717, 1.165) is 25.7 Å². The quantitative estimate of drug-likeness (QED) is 0.663. The lowest BCUT2D eigenvalue weighted by Gasteiger charge is -2.15. The molecular weight excluding hydrogens is 240 g/mol. The molecule has 106 valence electrons. The van der Waals surface area contributed by atoms with Gasteiger partial charge in [-0.25, -0.2) is 0 Å². The number of ketones is 1. The SMILES string of the molecule is CCCC(CCC)C(=O)c1cc(OC)cc(OC)c1. The van der Waals surface area contributed by atoms with E-state index in [2.05, 4.69) is 13.8 Å². The number of carbonyl (C=O) groups excluding carboxylic acids is 1. The maximum absolute atomic E-state index is 12.5. The van der Waals surface area contributed by atoms with Crippen LogP contribution in [0.25, 0.3) is 0 Å². The smallest absolute Gasteiger partial charge is 0.166 e. The molecule has 0 unspecified atom stereocenters. The van der Waals surface area contributed by atoms with Gasteiger partial charge in [-0.15, -0.1) is 0 Å². The lowest BCUT2D eigenvalue weighted by atomic mass is 9.89. The lowest BCUT2D eigenvalue weighted by molar-refractivity contribution is 0.0904. The van der Waals surface area contributed by atoms with Crippen LogP contribution in [0.4, 0.5) is 0 Å². The molecule has 19 heavy (non-hydrogen) atoms. The van der Waals surface area contributed by atoms with Gasteiger partial charge >= 0.3 is 0 Å². The second-order valence-corrected chi connectivity index (χ2v) is 4.74. The largest absolute Gasteiger partial charge is 0.497 e. The van der Waals surface area contributed by atoms with Gasteiger partial charge in [0.15, 0.2) is 5.78 Å². The van der Waals surface area contributed by atoms with Gasteiger partial charge in [-0.1, -0.05) is 26.7 Å². The predicted octanol–water partition coefficient (Wildman–Crippen LogP) is 4.10. The molecule has 0 amide bonds. The molecule has 0 fully saturated rings. The highest BCUT2D eigenvalue weighted by atomic mass is 16.5.